The average Bonchev–Trinajstić information content (AvgIpc) is 3.31. The zero-order valence-electron chi connectivity index (χ0n) is 13.9. The number of thiazole rings is 1. The minimum absolute atomic E-state index is 0.0631. The summed E-state index contributed by atoms with van der Waals surface area (Å²) in [5.41, 5.74) is 1.58. The summed E-state index contributed by atoms with van der Waals surface area (Å²) in [5, 5.41) is 6.92. The molecule has 0 spiro atoms. The Kier molecular flexibility index (Phi) is 5.82. The number of ketones is 1. The van der Waals surface area contributed by atoms with Crippen molar-refractivity contribution in [2.24, 2.45) is 0 Å². The summed E-state index contributed by atoms with van der Waals surface area (Å²) in [6.07, 6.45) is 1.54. The second-order valence-electron chi connectivity index (χ2n) is 5.46. The molecule has 0 bridgehead atoms. The molecule has 136 valence electrons. The van der Waals surface area contributed by atoms with Crippen LogP contribution in [0.3, 0.4) is 0 Å². The Bertz CT molecular complexity index is 995. The third-order valence-corrected chi connectivity index (χ3v) is 6.86. The molecule has 0 saturated heterocycles. The van der Waals surface area contributed by atoms with Crippen molar-refractivity contribution in [3.63, 3.8) is 0 Å². The molecule has 1 aromatic carbocycles. The zero-order valence-corrected chi connectivity index (χ0v) is 16.4. The number of hydrogen-bond donors (Lipinski definition) is 2. The number of aromatic nitrogens is 1. The predicted octanol–water partition coefficient (Wildman–Crippen LogP) is 3.13. The third-order valence-electron chi connectivity index (χ3n) is 3.62. The van der Waals surface area contributed by atoms with Gasteiger partial charge in [-0.25, -0.2) is 18.1 Å². The van der Waals surface area contributed by atoms with Gasteiger partial charge in [0, 0.05) is 24.0 Å². The van der Waals surface area contributed by atoms with Gasteiger partial charge in [0.15, 0.2) is 5.13 Å². The highest BCUT2D eigenvalue weighted by Gasteiger charge is 2.15. The largest absolute Gasteiger partial charge is 0.360 e. The van der Waals surface area contributed by atoms with Gasteiger partial charge in [0.1, 0.15) is 0 Å². The van der Waals surface area contributed by atoms with Crippen LogP contribution in [0.15, 0.2) is 52.2 Å². The second kappa shape index (κ2) is 8.09. The molecule has 0 aliphatic carbocycles. The van der Waals surface area contributed by atoms with E-state index in [-0.39, 0.29) is 17.2 Å². The van der Waals surface area contributed by atoms with Crippen molar-refractivity contribution in [2.75, 3.05) is 18.4 Å². The van der Waals surface area contributed by atoms with E-state index >= 15 is 0 Å². The molecule has 3 rings (SSSR count). The van der Waals surface area contributed by atoms with Crippen molar-refractivity contribution < 1.29 is 13.2 Å². The molecule has 0 fully saturated rings. The van der Waals surface area contributed by atoms with Crippen LogP contribution in [0.5, 0.6) is 0 Å². The molecule has 3 aromatic rings. The lowest BCUT2D eigenvalue weighted by atomic mass is 10.0. The number of rotatable bonds is 8. The van der Waals surface area contributed by atoms with E-state index in [9.17, 15) is 13.2 Å². The van der Waals surface area contributed by atoms with Crippen molar-refractivity contribution >= 4 is 43.6 Å². The fourth-order valence-electron chi connectivity index (χ4n) is 2.26. The van der Waals surface area contributed by atoms with E-state index < -0.39 is 10.0 Å². The molecule has 0 radical (unpaired) electrons. The maximum absolute atomic E-state index is 12.5. The summed E-state index contributed by atoms with van der Waals surface area (Å²) in [6, 6.07) is 8.98. The van der Waals surface area contributed by atoms with E-state index in [4.69, 9.17) is 0 Å². The maximum Gasteiger partial charge on any atom is 0.241 e. The molecule has 0 atom stereocenters. The molecule has 0 aliphatic rings. The highest BCUT2D eigenvalue weighted by atomic mass is 32.2. The Balaban J connectivity index is 1.55. The topological polar surface area (TPSA) is 88.2 Å². The van der Waals surface area contributed by atoms with E-state index in [1.165, 1.54) is 28.9 Å². The first kappa shape index (κ1) is 18.7. The summed E-state index contributed by atoms with van der Waals surface area (Å²) in [7, 11) is -3.47. The van der Waals surface area contributed by atoms with Crippen LogP contribution < -0.4 is 10.0 Å². The van der Waals surface area contributed by atoms with Crippen LogP contribution in [0, 0.1) is 6.92 Å². The highest BCUT2D eigenvalue weighted by Crippen LogP contribution is 2.22. The molecule has 26 heavy (non-hydrogen) atoms. The molecule has 0 aliphatic heterocycles. The molecule has 9 heteroatoms. The third kappa shape index (κ3) is 4.36. The number of nitrogens with one attached hydrogen (secondary N) is 2. The number of hydrogen-bond acceptors (Lipinski definition) is 7. The molecule has 2 heterocycles. The molecule has 2 aromatic heterocycles. The summed E-state index contributed by atoms with van der Waals surface area (Å²) in [6.45, 7) is 2.49. The normalized spacial score (nSPS) is 11.4. The summed E-state index contributed by atoms with van der Waals surface area (Å²) in [5.74, 6) is -0.0631. The van der Waals surface area contributed by atoms with Crippen LogP contribution in [-0.2, 0) is 10.0 Å². The van der Waals surface area contributed by atoms with Crippen LogP contribution in [0.4, 0.5) is 5.13 Å². The smallest absolute Gasteiger partial charge is 0.241 e. The van der Waals surface area contributed by atoms with Gasteiger partial charge in [-0.3, -0.25) is 4.79 Å². The number of carbonyl (C=O) groups excluding carboxylic acids is 1. The molecule has 0 unspecified atom stereocenters. The van der Waals surface area contributed by atoms with Crippen LogP contribution in [0.25, 0.3) is 0 Å². The molecule has 0 amide bonds. The Morgan fingerprint density at radius 2 is 2.00 bits per heavy atom. The Hall–Kier alpha value is -2.07. The van der Waals surface area contributed by atoms with E-state index in [0.717, 1.165) is 5.56 Å². The van der Waals surface area contributed by atoms with E-state index in [1.807, 2.05) is 25.1 Å². The van der Waals surface area contributed by atoms with Crippen LogP contribution in [0.2, 0.25) is 0 Å². The zero-order chi connectivity index (χ0) is 18.6. The average molecular weight is 408 g/mol. The van der Waals surface area contributed by atoms with Gasteiger partial charge in [-0.2, -0.15) is 11.3 Å². The van der Waals surface area contributed by atoms with Crippen LogP contribution in [-0.4, -0.2) is 32.3 Å². The minimum atomic E-state index is -3.47. The van der Waals surface area contributed by atoms with Crippen molar-refractivity contribution in [2.45, 2.75) is 11.8 Å². The molecule has 0 saturated carbocycles. The molecular formula is C17H17N3O3S3. The lowest BCUT2D eigenvalue weighted by molar-refractivity contribution is 0.104. The Labute approximate surface area is 160 Å². The molecule has 2 N–H and O–H groups in total. The lowest BCUT2D eigenvalue weighted by Crippen LogP contribution is -2.28. The van der Waals surface area contributed by atoms with Gasteiger partial charge < -0.3 is 5.32 Å². The number of benzene rings is 1. The number of nitrogens with zero attached hydrogens (tertiary/aromatic N) is 1. The summed E-state index contributed by atoms with van der Waals surface area (Å²) in [4.78, 5) is 17.5. The first-order chi connectivity index (χ1) is 12.5. The SMILES string of the molecule is Cc1ccccc1C(=O)c1cnc(NCCNS(=O)(=O)c2ccsc2)s1. The lowest BCUT2D eigenvalue weighted by Gasteiger charge is -2.05. The van der Waals surface area contributed by atoms with E-state index in [1.54, 1.807) is 22.9 Å². The minimum Gasteiger partial charge on any atom is -0.360 e. The first-order valence-electron chi connectivity index (χ1n) is 7.79. The highest BCUT2D eigenvalue weighted by molar-refractivity contribution is 7.89. The quantitative estimate of drug-likeness (QED) is 0.442. The Morgan fingerprint density at radius 3 is 2.73 bits per heavy atom. The Morgan fingerprint density at radius 1 is 1.19 bits per heavy atom. The van der Waals surface area contributed by atoms with Gasteiger partial charge in [-0.05, 0) is 23.9 Å². The summed E-state index contributed by atoms with van der Waals surface area (Å²) < 4.78 is 26.5. The van der Waals surface area contributed by atoms with Crippen molar-refractivity contribution in [3.8, 4) is 0 Å². The summed E-state index contributed by atoms with van der Waals surface area (Å²) >= 11 is 2.58. The maximum atomic E-state index is 12.5. The number of anilines is 1. The fourth-order valence-corrected chi connectivity index (χ4v) is 5.12. The van der Waals surface area contributed by atoms with Crippen molar-refractivity contribution in [1.29, 1.82) is 0 Å². The number of carbonyl (C=O) groups is 1. The molecule has 6 nitrogen and oxygen atoms in total. The number of aryl methyl sites for hydroxylation is 1. The first-order valence-corrected chi connectivity index (χ1v) is 11.0. The predicted molar refractivity (Wildman–Crippen MR) is 105 cm³/mol. The standard InChI is InChI=1S/C17H17N3O3S3/c1-12-4-2-3-5-14(12)16(21)15-10-19-17(25-15)18-7-8-20-26(22,23)13-6-9-24-11-13/h2-6,9-11,20H,7-8H2,1H3,(H,18,19). The van der Waals surface area contributed by atoms with Crippen molar-refractivity contribution in [3.05, 3.63) is 63.3 Å². The van der Waals surface area contributed by atoms with Gasteiger partial charge in [0.2, 0.25) is 15.8 Å². The van der Waals surface area contributed by atoms with E-state index in [0.29, 0.717) is 22.1 Å². The second-order valence-corrected chi connectivity index (χ2v) is 9.03. The number of thiophene rings is 1. The van der Waals surface area contributed by atoms with Crippen molar-refractivity contribution in [1.82, 2.24) is 9.71 Å². The van der Waals surface area contributed by atoms with Gasteiger partial charge in [0.25, 0.3) is 0 Å². The fraction of sp³-hybridized carbons (Fsp3) is 0.176. The van der Waals surface area contributed by atoms with Gasteiger partial charge in [-0.1, -0.05) is 35.6 Å². The van der Waals surface area contributed by atoms with Gasteiger partial charge >= 0.3 is 0 Å². The van der Waals surface area contributed by atoms with Gasteiger partial charge in [-0.15, -0.1) is 0 Å². The van der Waals surface area contributed by atoms with Crippen LogP contribution in [0.1, 0.15) is 20.8 Å². The van der Waals surface area contributed by atoms with E-state index in [2.05, 4.69) is 15.0 Å². The van der Waals surface area contributed by atoms with Crippen LogP contribution >= 0.6 is 22.7 Å². The monoisotopic (exact) mass is 407 g/mol. The number of sulfonamides is 1. The molecular weight excluding hydrogens is 390 g/mol. The van der Waals surface area contributed by atoms with Gasteiger partial charge in [0.05, 0.1) is 16.0 Å².